The summed E-state index contributed by atoms with van der Waals surface area (Å²) < 4.78 is 14.1. The lowest BCUT2D eigenvalue weighted by molar-refractivity contribution is 0.671. The molecular weight excluding hydrogens is 279 g/mol. The summed E-state index contributed by atoms with van der Waals surface area (Å²) in [6.45, 7) is 12.0. The topological polar surface area (TPSA) is 34.0 Å². The molecule has 0 saturated heterocycles. The molecule has 1 rings (SSSR count). The number of nitrogens with zero attached hydrogens (tertiary/aromatic N) is 1. The minimum atomic E-state index is -0.495. The Kier molecular flexibility index (Phi) is 7.09. The number of rotatable bonds is 8. The van der Waals surface area contributed by atoms with Crippen molar-refractivity contribution in [2.24, 2.45) is 5.92 Å². The fraction of sp³-hybridized carbons (Fsp3) is 0.278. The van der Waals surface area contributed by atoms with Crippen LogP contribution in [0.15, 0.2) is 72.0 Å². The fourth-order valence-corrected chi connectivity index (χ4v) is 1.75. The molecule has 0 aliphatic heterocycles. The molecule has 1 N–H and O–H groups in total. The molecule has 22 heavy (non-hydrogen) atoms. The lowest BCUT2D eigenvalue weighted by Crippen LogP contribution is -2.20. The van der Waals surface area contributed by atoms with Crippen molar-refractivity contribution in [3.05, 3.63) is 77.5 Å². The predicted molar refractivity (Wildman–Crippen MR) is 91.7 cm³/mol. The molecule has 0 aliphatic rings. The second kappa shape index (κ2) is 8.82. The Morgan fingerprint density at radius 2 is 2.27 bits per heavy atom. The fourth-order valence-electron chi connectivity index (χ4n) is 1.75. The predicted octanol–water partition coefficient (Wildman–Crippen LogP) is 4.07. The van der Waals surface area contributed by atoms with E-state index in [1.165, 1.54) is 6.08 Å². The van der Waals surface area contributed by atoms with E-state index in [0.717, 1.165) is 17.8 Å². The summed E-state index contributed by atoms with van der Waals surface area (Å²) in [5, 5.41) is 3.20. The third-order valence-corrected chi connectivity index (χ3v) is 3.10. The van der Waals surface area contributed by atoms with E-state index in [0.29, 0.717) is 12.5 Å². The minimum absolute atomic E-state index is 0.0807. The van der Waals surface area contributed by atoms with Crippen LogP contribution in [0.4, 0.5) is 10.1 Å². The lowest BCUT2D eigenvalue weighted by atomic mass is 10.2. The van der Waals surface area contributed by atoms with Crippen molar-refractivity contribution < 1.29 is 4.39 Å². The van der Waals surface area contributed by atoms with E-state index < -0.39 is 5.83 Å². The van der Waals surface area contributed by atoms with Gasteiger partial charge in [0.05, 0.1) is 0 Å². The van der Waals surface area contributed by atoms with Gasteiger partial charge in [-0.3, -0.25) is 4.79 Å². The second-order valence-electron chi connectivity index (χ2n) is 5.29. The zero-order chi connectivity index (χ0) is 16.5. The zero-order valence-corrected chi connectivity index (χ0v) is 13.2. The Bertz CT molecular complexity index is 641. The number of hydrogen-bond donors (Lipinski definition) is 1. The first kappa shape index (κ1) is 17.7. The molecule has 118 valence electrons. The van der Waals surface area contributed by atoms with Gasteiger partial charge in [-0.05, 0) is 25.0 Å². The van der Waals surface area contributed by atoms with Gasteiger partial charge in [0, 0.05) is 31.0 Å². The highest BCUT2D eigenvalue weighted by Gasteiger charge is 2.01. The van der Waals surface area contributed by atoms with E-state index in [9.17, 15) is 9.18 Å². The van der Waals surface area contributed by atoms with Gasteiger partial charge in [0.2, 0.25) is 0 Å². The summed E-state index contributed by atoms with van der Waals surface area (Å²) in [4.78, 5) is 12.1. The Labute approximate surface area is 131 Å². The molecule has 1 aromatic rings. The molecule has 0 aliphatic carbocycles. The SMILES string of the molecule is C=CC(C)CNc1ccn(C/C(C)=C/C=C\C(=C)F)c(=O)c1. The van der Waals surface area contributed by atoms with Crippen LogP contribution >= 0.6 is 0 Å². The zero-order valence-electron chi connectivity index (χ0n) is 13.2. The first-order valence-electron chi connectivity index (χ1n) is 7.17. The van der Waals surface area contributed by atoms with E-state index >= 15 is 0 Å². The summed E-state index contributed by atoms with van der Waals surface area (Å²) in [5.41, 5.74) is 1.66. The quantitative estimate of drug-likeness (QED) is 0.580. The normalized spacial score (nSPS) is 13.1. The Hall–Kier alpha value is -2.36. The van der Waals surface area contributed by atoms with Gasteiger partial charge in [0.1, 0.15) is 5.83 Å². The van der Waals surface area contributed by atoms with Crippen molar-refractivity contribution >= 4 is 5.69 Å². The van der Waals surface area contributed by atoms with Crippen molar-refractivity contribution in [3.63, 3.8) is 0 Å². The van der Waals surface area contributed by atoms with Gasteiger partial charge in [0.15, 0.2) is 0 Å². The van der Waals surface area contributed by atoms with Gasteiger partial charge >= 0.3 is 0 Å². The number of nitrogens with one attached hydrogen (secondary N) is 1. The van der Waals surface area contributed by atoms with E-state index in [1.54, 1.807) is 29.0 Å². The molecule has 0 fully saturated rings. The van der Waals surface area contributed by atoms with Crippen LogP contribution in [0.1, 0.15) is 13.8 Å². The summed E-state index contributed by atoms with van der Waals surface area (Å²) in [5.74, 6) is -0.157. The van der Waals surface area contributed by atoms with Crippen molar-refractivity contribution in [2.75, 3.05) is 11.9 Å². The molecule has 1 aromatic heterocycles. The standard InChI is InChI=1S/C18H23FN2O/c1-5-14(2)12-20-17-9-10-21(18(22)11-17)13-15(3)7-6-8-16(4)19/h5-11,14,20H,1,4,12-13H2,2-3H3/b8-6-,15-7+. The lowest BCUT2D eigenvalue weighted by Gasteiger charge is -2.11. The molecule has 4 heteroatoms. The van der Waals surface area contributed by atoms with Crippen LogP contribution < -0.4 is 10.9 Å². The molecule has 0 aromatic carbocycles. The molecule has 0 bridgehead atoms. The first-order chi connectivity index (χ1) is 10.4. The summed E-state index contributed by atoms with van der Waals surface area (Å²) in [7, 11) is 0. The Morgan fingerprint density at radius 1 is 1.55 bits per heavy atom. The van der Waals surface area contributed by atoms with Gasteiger partial charge in [-0.15, -0.1) is 6.58 Å². The molecule has 1 unspecified atom stereocenters. The van der Waals surface area contributed by atoms with Gasteiger partial charge in [-0.25, -0.2) is 4.39 Å². The van der Waals surface area contributed by atoms with E-state index in [-0.39, 0.29) is 5.56 Å². The van der Waals surface area contributed by atoms with Gasteiger partial charge in [0.25, 0.3) is 5.56 Å². The number of anilines is 1. The molecular formula is C18H23FN2O. The number of aromatic nitrogens is 1. The van der Waals surface area contributed by atoms with E-state index in [4.69, 9.17) is 0 Å². The molecule has 0 spiro atoms. The van der Waals surface area contributed by atoms with Crippen molar-refractivity contribution in [1.29, 1.82) is 0 Å². The summed E-state index contributed by atoms with van der Waals surface area (Å²) >= 11 is 0. The number of hydrogen-bond acceptors (Lipinski definition) is 2. The van der Waals surface area contributed by atoms with Crippen molar-refractivity contribution in [3.8, 4) is 0 Å². The molecule has 3 nitrogen and oxygen atoms in total. The first-order valence-corrected chi connectivity index (χ1v) is 7.17. The smallest absolute Gasteiger partial charge is 0.252 e. The van der Waals surface area contributed by atoms with E-state index in [2.05, 4.69) is 25.4 Å². The Balaban J connectivity index is 2.71. The molecule has 1 heterocycles. The van der Waals surface area contributed by atoms with Gasteiger partial charge in [-0.2, -0.15) is 0 Å². The minimum Gasteiger partial charge on any atom is -0.384 e. The molecule has 0 saturated carbocycles. The van der Waals surface area contributed by atoms with Crippen molar-refractivity contribution in [1.82, 2.24) is 4.57 Å². The van der Waals surface area contributed by atoms with Crippen LogP contribution in [0.5, 0.6) is 0 Å². The van der Waals surface area contributed by atoms with Crippen LogP contribution in [0.3, 0.4) is 0 Å². The number of halogens is 1. The maximum Gasteiger partial charge on any atom is 0.252 e. The van der Waals surface area contributed by atoms with E-state index in [1.807, 2.05) is 19.1 Å². The average molecular weight is 302 g/mol. The maximum absolute atomic E-state index is 12.5. The number of pyridine rings is 1. The largest absolute Gasteiger partial charge is 0.384 e. The monoisotopic (exact) mass is 302 g/mol. The van der Waals surface area contributed by atoms with Crippen molar-refractivity contribution in [2.45, 2.75) is 20.4 Å². The van der Waals surface area contributed by atoms with Crippen LogP contribution in [-0.4, -0.2) is 11.1 Å². The van der Waals surface area contributed by atoms with Crippen LogP contribution in [-0.2, 0) is 6.54 Å². The van der Waals surface area contributed by atoms with Crippen LogP contribution in [0.25, 0.3) is 0 Å². The molecule has 0 radical (unpaired) electrons. The third kappa shape index (κ3) is 6.39. The number of allylic oxidation sites excluding steroid dienone is 5. The molecule has 0 amide bonds. The third-order valence-electron chi connectivity index (χ3n) is 3.10. The highest BCUT2D eigenvalue weighted by molar-refractivity contribution is 5.41. The average Bonchev–Trinajstić information content (AvgIpc) is 2.46. The van der Waals surface area contributed by atoms with Gasteiger partial charge in [-0.1, -0.05) is 37.3 Å². The highest BCUT2D eigenvalue weighted by Crippen LogP contribution is 2.06. The summed E-state index contributed by atoms with van der Waals surface area (Å²) in [6, 6.07) is 3.44. The van der Waals surface area contributed by atoms with Crippen LogP contribution in [0.2, 0.25) is 0 Å². The summed E-state index contributed by atoms with van der Waals surface area (Å²) in [6.07, 6.45) is 8.23. The van der Waals surface area contributed by atoms with Crippen LogP contribution in [0, 0.1) is 5.92 Å². The maximum atomic E-state index is 12.5. The molecule has 1 atom stereocenters. The Morgan fingerprint density at radius 3 is 2.86 bits per heavy atom. The van der Waals surface area contributed by atoms with Gasteiger partial charge < -0.3 is 9.88 Å². The highest BCUT2D eigenvalue weighted by atomic mass is 19.1. The second-order valence-corrected chi connectivity index (χ2v) is 5.29.